The van der Waals surface area contributed by atoms with Gasteiger partial charge < -0.3 is 9.47 Å². The zero-order valence-corrected chi connectivity index (χ0v) is 6.29. The smallest absolute Gasteiger partial charge is 0.305 e. The van der Waals surface area contributed by atoms with Crippen molar-refractivity contribution in [1.82, 2.24) is 0 Å². The number of carbonyl (C=O) groups excluding carboxylic acids is 1. The zero-order chi connectivity index (χ0) is 7.56. The summed E-state index contributed by atoms with van der Waals surface area (Å²) in [5, 5.41) is 0. The van der Waals surface area contributed by atoms with Crippen LogP contribution in [0.15, 0.2) is 0 Å². The Morgan fingerprint density at radius 3 is 2.70 bits per heavy atom. The molecule has 3 nitrogen and oxygen atoms in total. The second kappa shape index (κ2) is 3.01. The predicted molar refractivity (Wildman–Crippen MR) is 35.6 cm³/mol. The number of ether oxygens (including phenoxy) is 2. The van der Waals surface area contributed by atoms with Crippen molar-refractivity contribution >= 4 is 5.97 Å². The molecule has 2 atom stereocenters. The first-order valence-electron chi connectivity index (χ1n) is 3.55. The fourth-order valence-corrected chi connectivity index (χ4v) is 0.682. The van der Waals surface area contributed by atoms with Crippen LogP contribution < -0.4 is 0 Å². The van der Waals surface area contributed by atoms with Gasteiger partial charge in [0.1, 0.15) is 12.7 Å². The lowest BCUT2D eigenvalue weighted by molar-refractivity contribution is -0.143. The van der Waals surface area contributed by atoms with Crippen LogP contribution in [-0.2, 0) is 14.3 Å². The molecule has 0 saturated carbocycles. The fourth-order valence-electron chi connectivity index (χ4n) is 0.682. The molecule has 0 aliphatic carbocycles. The second-order valence-corrected chi connectivity index (χ2v) is 2.42. The average Bonchev–Trinajstić information content (AvgIpc) is 2.61. The normalized spacial score (nSPS) is 29.8. The maximum Gasteiger partial charge on any atom is 0.305 e. The number of hydrogen-bond acceptors (Lipinski definition) is 3. The van der Waals surface area contributed by atoms with Crippen LogP contribution in [0.2, 0.25) is 0 Å². The third-order valence-electron chi connectivity index (χ3n) is 1.53. The summed E-state index contributed by atoms with van der Waals surface area (Å²) in [5.74, 6) is -0.150. The van der Waals surface area contributed by atoms with E-state index in [2.05, 4.69) is 0 Å². The van der Waals surface area contributed by atoms with E-state index in [0.717, 1.165) is 0 Å². The summed E-state index contributed by atoms with van der Waals surface area (Å²) >= 11 is 0. The molecule has 0 aromatic carbocycles. The number of hydrogen-bond donors (Lipinski definition) is 0. The van der Waals surface area contributed by atoms with E-state index in [1.54, 1.807) is 6.92 Å². The van der Waals surface area contributed by atoms with Gasteiger partial charge in [-0.2, -0.15) is 0 Å². The predicted octanol–water partition coefficient (Wildman–Crippen LogP) is 0.727. The summed E-state index contributed by atoms with van der Waals surface area (Å²) in [7, 11) is 0. The van der Waals surface area contributed by atoms with Gasteiger partial charge >= 0.3 is 5.97 Å². The largest absolute Gasteiger partial charge is 0.463 e. The van der Waals surface area contributed by atoms with Crippen molar-refractivity contribution in [1.29, 1.82) is 0 Å². The van der Waals surface area contributed by atoms with Crippen molar-refractivity contribution in [2.75, 3.05) is 6.61 Å². The molecule has 2 unspecified atom stereocenters. The maximum atomic E-state index is 10.6. The third-order valence-corrected chi connectivity index (χ3v) is 1.53. The van der Waals surface area contributed by atoms with Crippen LogP contribution in [0, 0.1) is 0 Å². The van der Waals surface area contributed by atoms with Crippen molar-refractivity contribution < 1.29 is 14.3 Å². The Morgan fingerprint density at radius 2 is 2.30 bits per heavy atom. The Bertz CT molecular complexity index is 133. The Hall–Kier alpha value is -0.570. The van der Waals surface area contributed by atoms with E-state index >= 15 is 0 Å². The summed E-state index contributed by atoms with van der Waals surface area (Å²) in [4.78, 5) is 10.6. The van der Waals surface area contributed by atoms with Crippen LogP contribution in [0.3, 0.4) is 0 Å². The monoisotopic (exact) mass is 144 g/mol. The molecular formula is C7H12O3. The maximum absolute atomic E-state index is 10.6. The summed E-state index contributed by atoms with van der Waals surface area (Å²) in [6, 6.07) is 0. The van der Waals surface area contributed by atoms with Gasteiger partial charge in [-0.3, -0.25) is 4.79 Å². The fraction of sp³-hybridized carbons (Fsp3) is 0.857. The van der Waals surface area contributed by atoms with E-state index in [0.29, 0.717) is 13.0 Å². The van der Waals surface area contributed by atoms with Gasteiger partial charge in [0.05, 0.1) is 6.10 Å². The van der Waals surface area contributed by atoms with E-state index < -0.39 is 0 Å². The Kier molecular flexibility index (Phi) is 2.27. The van der Waals surface area contributed by atoms with Crippen molar-refractivity contribution in [2.45, 2.75) is 32.5 Å². The molecule has 1 aliphatic heterocycles. The van der Waals surface area contributed by atoms with Crippen LogP contribution in [0.4, 0.5) is 0 Å². The van der Waals surface area contributed by atoms with Crippen molar-refractivity contribution in [3.05, 3.63) is 0 Å². The molecule has 0 bridgehead atoms. The van der Waals surface area contributed by atoms with Crippen LogP contribution in [0.5, 0.6) is 0 Å². The number of esters is 1. The minimum Gasteiger partial charge on any atom is -0.463 e. The lowest BCUT2D eigenvalue weighted by atomic mass is 10.4. The molecule has 0 aromatic rings. The SMILES string of the molecule is CCC(=O)OCC1OC1C. The first kappa shape index (κ1) is 7.54. The van der Waals surface area contributed by atoms with Gasteiger partial charge in [0.2, 0.25) is 0 Å². The lowest BCUT2D eigenvalue weighted by Gasteiger charge is -1.97. The van der Waals surface area contributed by atoms with Crippen molar-refractivity contribution in [2.24, 2.45) is 0 Å². The van der Waals surface area contributed by atoms with E-state index in [9.17, 15) is 4.79 Å². The molecule has 0 amide bonds. The number of carbonyl (C=O) groups is 1. The topological polar surface area (TPSA) is 38.8 Å². The zero-order valence-electron chi connectivity index (χ0n) is 6.29. The van der Waals surface area contributed by atoms with Crippen molar-refractivity contribution in [3.8, 4) is 0 Å². The van der Waals surface area contributed by atoms with Gasteiger partial charge in [-0.05, 0) is 6.92 Å². The third kappa shape index (κ3) is 1.99. The van der Waals surface area contributed by atoms with Gasteiger partial charge in [-0.15, -0.1) is 0 Å². The van der Waals surface area contributed by atoms with Crippen LogP contribution in [-0.4, -0.2) is 24.8 Å². The average molecular weight is 144 g/mol. The molecule has 0 radical (unpaired) electrons. The first-order chi connectivity index (χ1) is 4.74. The van der Waals surface area contributed by atoms with Gasteiger partial charge in [-0.25, -0.2) is 0 Å². The first-order valence-corrected chi connectivity index (χ1v) is 3.55. The quantitative estimate of drug-likeness (QED) is 0.433. The highest BCUT2D eigenvalue weighted by atomic mass is 16.6. The van der Waals surface area contributed by atoms with Gasteiger partial charge in [0.25, 0.3) is 0 Å². The lowest BCUT2D eigenvalue weighted by Crippen LogP contribution is -2.09. The van der Waals surface area contributed by atoms with Crippen LogP contribution in [0.1, 0.15) is 20.3 Å². The van der Waals surface area contributed by atoms with E-state index in [-0.39, 0.29) is 18.2 Å². The molecule has 0 aromatic heterocycles. The summed E-state index contributed by atoms with van der Waals surface area (Å²) in [5.41, 5.74) is 0. The second-order valence-electron chi connectivity index (χ2n) is 2.42. The molecular weight excluding hydrogens is 132 g/mol. The summed E-state index contributed by atoms with van der Waals surface area (Å²) in [6.07, 6.45) is 0.890. The minimum absolute atomic E-state index is 0.150. The van der Waals surface area contributed by atoms with Gasteiger partial charge in [0.15, 0.2) is 0 Å². The molecule has 1 rings (SSSR count). The van der Waals surface area contributed by atoms with E-state index in [4.69, 9.17) is 9.47 Å². The standard InChI is InChI=1S/C7H12O3/c1-3-7(8)9-4-6-5(2)10-6/h5-6H,3-4H2,1-2H3. The molecule has 1 fully saturated rings. The van der Waals surface area contributed by atoms with Gasteiger partial charge in [0, 0.05) is 6.42 Å². The summed E-state index contributed by atoms with van der Waals surface area (Å²) < 4.78 is 9.86. The number of rotatable bonds is 3. The highest BCUT2D eigenvalue weighted by Gasteiger charge is 2.34. The molecule has 1 aliphatic rings. The van der Waals surface area contributed by atoms with E-state index in [1.165, 1.54) is 0 Å². The Labute approximate surface area is 60.3 Å². The number of epoxide rings is 1. The minimum atomic E-state index is -0.150. The summed E-state index contributed by atoms with van der Waals surface area (Å²) in [6.45, 7) is 4.16. The van der Waals surface area contributed by atoms with Crippen LogP contribution in [0.25, 0.3) is 0 Å². The molecule has 0 N–H and O–H groups in total. The Balaban J connectivity index is 2.00. The van der Waals surface area contributed by atoms with Gasteiger partial charge in [-0.1, -0.05) is 6.92 Å². The Morgan fingerprint density at radius 1 is 1.70 bits per heavy atom. The molecule has 1 heterocycles. The highest BCUT2D eigenvalue weighted by Crippen LogP contribution is 2.20. The molecule has 1 saturated heterocycles. The molecule has 3 heteroatoms. The van der Waals surface area contributed by atoms with Crippen LogP contribution >= 0.6 is 0 Å². The van der Waals surface area contributed by atoms with E-state index in [1.807, 2.05) is 6.92 Å². The van der Waals surface area contributed by atoms with Crippen molar-refractivity contribution in [3.63, 3.8) is 0 Å². The molecule has 0 spiro atoms. The highest BCUT2D eigenvalue weighted by molar-refractivity contribution is 5.68. The molecule has 58 valence electrons. The molecule has 10 heavy (non-hydrogen) atoms.